The van der Waals surface area contributed by atoms with Gasteiger partial charge in [-0.05, 0) is 32.9 Å². The Labute approximate surface area is 100 Å². The Bertz CT molecular complexity index is 488. The third kappa shape index (κ3) is 2.31. The van der Waals surface area contributed by atoms with E-state index < -0.39 is 0 Å². The van der Waals surface area contributed by atoms with E-state index in [1.165, 1.54) is 16.0 Å². The SMILES string of the molecule is Cc1cccc(-c2nc(C)c(CCN)s2)c1. The molecule has 1 aromatic carbocycles. The van der Waals surface area contributed by atoms with Crippen LogP contribution in [0.1, 0.15) is 16.1 Å². The second-order valence-corrected chi connectivity index (χ2v) is 5.02. The van der Waals surface area contributed by atoms with Crippen LogP contribution >= 0.6 is 11.3 Å². The van der Waals surface area contributed by atoms with Gasteiger partial charge < -0.3 is 5.73 Å². The van der Waals surface area contributed by atoms with Crippen LogP contribution in [0, 0.1) is 13.8 Å². The molecule has 0 amide bonds. The Kier molecular flexibility index (Phi) is 3.36. The first-order chi connectivity index (χ1) is 7.70. The van der Waals surface area contributed by atoms with Gasteiger partial charge in [-0.1, -0.05) is 23.8 Å². The second kappa shape index (κ2) is 4.76. The van der Waals surface area contributed by atoms with Crippen LogP contribution in [0.2, 0.25) is 0 Å². The van der Waals surface area contributed by atoms with E-state index in [9.17, 15) is 0 Å². The lowest BCUT2D eigenvalue weighted by atomic mass is 10.1. The molecule has 0 saturated heterocycles. The van der Waals surface area contributed by atoms with Gasteiger partial charge in [-0.2, -0.15) is 0 Å². The van der Waals surface area contributed by atoms with Crippen molar-refractivity contribution < 1.29 is 0 Å². The van der Waals surface area contributed by atoms with Crippen molar-refractivity contribution in [2.45, 2.75) is 20.3 Å². The average Bonchev–Trinajstić information content (AvgIpc) is 2.61. The highest BCUT2D eigenvalue weighted by Crippen LogP contribution is 2.28. The Hall–Kier alpha value is -1.19. The molecule has 84 valence electrons. The van der Waals surface area contributed by atoms with Gasteiger partial charge in [0.25, 0.3) is 0 Å². The molecule has 0 fully saturated rings. The molecular weight excluding hydrogens is 216 g/mol. The minimum atomic E-state index is 0.691. The van der Waals surface area contributed by atoms with Crippen LogP contribution < -0.4 is 5.73 Å². The second-order valence-electron chi connectivity index (χ2n) is 3.94. The molecule has 0 radical (unpaired) electrons. The predicted molar refractivity (Wildman–Crippen MR) is 69.8 cm³/mol. The topological polar surface area (TPSA) is 38.9 Å². The third-order valence-corrected chi connectivity index (χ3v) is 3.80. The normalized spacial score (nSPS) is 10.7. The zero-order chi connectivity index (χ0) is 11.5. The van der Waals surface area contributed by atoms with E-state index in [0.717, 1.165) is 17.1 Å². The number of hydrogen-bond donors (Lipinski definition) is 1. The molecule has 0 unspecified atom stereocenters. The summed E-state index contributed by atoms with van der Waals surface area (Å²) in [6, 6.07) is 8.46. The third-order valence-electron chi connectivity index (χ3n) is 2.53. The summed E-state index contributed by atoms with van der Waals surface area (Å²) in [5, 5.41) is 1.10. The van der Waals surface area contributed by atoms with Crippen molar-refractivity contribution in [3.05, 3.63) is 40.4 Å². The first-order valence-electron chi connectivity index (χ1n) is 5.44. The van der Waals surface area contributed by atoms with E-state index in [4.69, 9.17) is 5.73 Å². The molecular formula is C13H16N2S. The summed E-state index contributed by atoms with van der Waals surface area (Å²) >= 11 is 1.75. The van der Waals surface area contributed by atoms with Crippen molar-refractivity contribution in [3.8, 4) is 10.6 Å². The molecule has 1 heterocycles. The van der Waals surface area contributed by atoms with Crippen LogP contribution in [0.25, 0.3) is 10.6 Å². The molecule has 0 saturated carbocycles. The minimum absolute atomic E-state index is 0.691. The number of nitrogens with two attached hydrogens (primary N) is 1. The highest BCUT2D eigenvalue weighted by molar-refractivity contribution is 7.15. The van der Waals surface area contributed by atoms with Crippen LogP contribution in [0.3, 0.4) is 0 Å². The van der Waals surface area contributed by atoms with Gasteiger partial charge in [-0.25, -0.2) is 4.98 Å². The minimum Gasteiger partial charge on any atom is -0.330 e. The largest absolute Gasteiger partial charge is 0.330 e. The maximum absolute atomic E-state index is 5.58. The lowest BCUT2D eigenvalue weighted by molar-refractivity contribution is 0.970. The molecule has 0 bridgehead atoms. The van der Waals surface area contributed by atoms with Gasteiger partial charge >= 0.3 is 0 Å². The number of nitrogens with zero attached hydrogens (tertiary/aromatic N) is 1. The highest BCUT2D eigenvalue weighted by Gasteiger charge is 2.08. The summed E-state index contributed by atoms with van der Waals surface area (Å²) in [6.45, 7) is 4.85. The Morgan fingerprint density at radius 1 is 1.31 bits per heavy atom. The van der Waals surface area contributed by atoms with Gasteiger partial charge in [0.15, 0.2) is 0 Å². The van der Waals surface area contributed by atoms with Crippen LogP contribution in [0.5, 0.6) is 0 Å². The molecule has 2 N–H and O–H groups in total. The molecule has 0 aliphatic heterocycles. The van der Waals surface area contributed by atoms with E-state index in [2.05, 4.69) is 43.1 Å². The van der Waals surface area contributed by atoms with Crippen molar-refractivity contribution in [1.29, 1.82) is 0 Å². The molecule has 3 heteroatoms. The molecule has 2 aromatic rings. The van der Waals surface area contributed by atoms with E-state index in [1.54, 1.807) is 11.3 Å². The summed E-state index contributed by atoms with van der Waals surface area (Å²) in [7, 11) is 0. The number of thiazole rings is 1. The summed E-state index contributed by atoms with van der Waals surface area (Å²) in [6.07, 6.45) is 0.926. The Morgan fingerprint density at radius 3 is 2.81 bits per heavy atom. The molecule has 0 spiro atoms. The molecule has 0 aliphatic carbocycles. The van der Waals surface area contributed by atoms with Gasteiger partial charge in [0.05, 0.1) is 5.69 Å². The van der Waals surface area contributed by atoms with Crippen molar-refractivity contribution in [3.63, 3.8) is 0 Å². The van der Waals surface area contributed by atoms with E-state index in [1.807, 2.05) is 0 Å². The van der Waals surface area contributed by atoms with Crippen LogP contribution in [0.15, 0.2) is 24.3 Å². The van der Waals surface area contributed by atoms with Gasteiger partial charge in [-0.3, -0.25) is 0 Å². The van der Waals surface area contributed by atoms with Crippen molar-refractivity contribution in [1.82, 2.24) is 4.98 Å². The summed E-state index contributed by atoms with van der Waals surface area (Å²) < 4.78 is 0. The van der Waals surface area contributed by atoms with Gasteiger partial charge in [0, 0.05) is 10.4 Å². The smallest absolute Gasteiger partial charge is 0.123 e. The first-order valence-corrected chi connectivity index (χ1v) is 6.26. The number of aryl methyl sites for hydroxylation is 2. The standard InChI is InChI=1S/C13H16N2S/c1-9-4-3-5-11(8-9)13-15-10(2)12(16-13)6-7-14/h3-5,8H,6-7,14H2,1-2H3. The fraction of sp³-hybridized carbons (Fsp3) is 0.308. The van der Waals surface area contributed by atoms with Crippen molar-refractivity contribution in [2.24, 2.45) is 5.73 Å². The summed E-state index contributed by atoms with van der Waals surface area (Å²) in [5.74, 6) is 0. The fourth-order valence-corrected chi connectivity index (χ4v) is 2.77. The molecule has 1 aromatic heterocycles. The van der Waals surface area contributed by atoms with Gasteiger partial charge in [-0.15, -0.1) is 11.3 Å². The monoisotopic (exact) mass is 232 g/mol. The molecule has 0 aliphatic rings. The van der Waals surface area contributed by atoms with Crippen LogP contribution in [0.4, 0.5) is 0 Å². The Morgan fingerprint density at radius 2 is 2.12 bits per heavy atom. The number of benzene rings is 1. The number of hydrogen-bond acceptors (Lipinski definition) is 3. The van der Waals surface area contributed by atoms with E-state index in [-0.39, 0.29) is 0 Å². The van der Waals surface area contributed by atoms with E-state index in [0.29, 0.717) is 6.54 Å². The molecule has 0 atom stereocenters. The quantitative estimate of drug-likeness (QED) is 0.883. The van der Waals surface area contributed by atoms with E-state index >= 15 is 0 Å². The zero-order valence-corrected chi connectivity index (χ0v) is 10.5. The maximum atomic E-state index is 5.58. The summed E-state index contributed by atoms with van der Waals surface area (Å²) in [4.78, 5) is 5.91. The molecule has 16 heavy (non-hydrogen) atoms. The Balaban J connectivity index is 2.37. The molecule has 2 nitrogen and oxygen atoms in total. The fourth-order valence-electron chi connectivity index (χ4n) is 1.69. The maximum Gasteiger partial charge on any atom is 0.123 e. The first kappa shape index (κ1) is 11.3. The lowest BCUT2D eigenvalue weighted by Crippen LogP contribution is -2.01. The van der Waals surface area contributed by atoms with Crippen LogP contribution in [-0.4, -0.2) is 11.5 Å². The predicted octanol–water partition coefficient (Wildman–Crippen LogP) is 2.93. The molecule has 2 rings (SSSR count). The number of aromatic nitrogens is 1. The lowest BCUT2D eigenvalue weighted by Gasteiger charge is -1.97. The highest BCUT2D eigenvalue weighted by atomic mass is 32.1. The van der Waals surface area contributed by atoms with Crippen LogP contribution in [-0.2, 0) is 6.42 Å². The average molecular weight is 232 g/mol. The summed E-state index contributed by atoms with van der Waals surface area (Å²) in [5.41, 5.74) is 9.17. The van der Waals surface area contributed by atoms with Gasteiger partial charge in [0.1, 0.15) is 5.01 Å². The van der Waals surface area contributed by atoms with Crippen molar-refractivity contribution in [2.75, 3.05) is 6.54 Å². The van der Waals surface area contributed by atoms with Gasteiger partial charge in [0.2, 0.25) is 0 Å². The zero-order valence-electron chi connectivity index (χ0n) is 9.66. The number of rotatable bonds is 3. The van der Waals surface area contributed by atoms with Crippen molar-refractivity contribution >= 4 is 11.3 Å².